The molecule has 1 unspecified atom stereocenters. The molecule has 0 N–H and O–H groups in total. The molecule has 17 heavy (non-hydrogen) atoms. The smallest absolute Gasteiger partial charge is 0.195 e. The molecule has 1 fully saturated rings. The third kappa shape index (κ3) is 3.66. The molecule has 0 aliphatic carbocycles. The maximum Gasteiger partial charge on any atom is 0.282 e. The molecule has 0 saturated carbocycles. The van der Waals surface area contributed by atoms with E-state index in [2.05, 4.69) is 15.9 Å². The minimum Gasteiger partial charge on any atom is -0.195 e. The quantitative estimate of drug-likeness (QED) is 0.702. The van der Waals surface area contributed by atoms with E-state index in [0.717, 1.165) is 31.0 Å². The predicted octanol–water partition coefficient (Wildman–Crippen LogP) is 2.21. The SMILES string of the molecule is CCN(CC)S(=O)(=O)N1CCCCC1CCBr. The van der Waals surface area contributed by atoms with Crippen molar-refractivity contribution >= 4 is 26.1 Å². The van der Waals surface area contributed by atoms with Crippen molar-refractivity contribution in [1.82, 2.24) is 8.61 Å². The molecule has 1 rings (SSSR count). The van der Waals surface area contributed by atoms with Gasteiger partial charge in [-0.1, -0.05) is 36.2 Å². The maximum absolute atomic E-state index is 12.5. The van der Waals surface area contributed by atoms with Gasteiger partial charge in [0.05, 0.1) is 0 Å². The van der Waals surface area contributed by atoms with Crippen molar-refractivity contribution < 1.29 is 8.42 Å². The van der Waals surface area contributed by atoms with E-state index < -0.39 is 10.2 Å². The first-order chi connectivity index (χ1) is 8.07. The van der Waals surface area contributed by atoms with Gasteiger partial charge in [0.15, 0.2) is 0 Å². The van der Waals surface area contributed by atoms with E-state index in [1.54, 1.807) is 8.61 Å². The molecule has 1 heterocycles. The Balaban J connectivity index is 2.86. The summed E-state index contributed by atoms with van der Waals surface area (Å²) in [5.74, 6) is 0. The zero-order valence-electron chi connectivity index (χ0n) is 10.7. The van der Waals surface area contributed by atoms with Gasteiger partial charge in [0.25, 0.3) is 10.2 Å². The molecule has 6 heteroatoms. The monoisotopic (exact) mass is 326 g/mol. The Morgan fingerprint density at radius 3 is 2.47 bits per heavy atom. The Morgan fingerprint density at radius 1 is 1.29 bits per heavy atom. The minimum absolute atomic E-state index is 0.175. The summed E-state index contributed by atoms with van der Waals surface area (Å²) in [6.45, 7) is 5.57. The fraction of sp³-hybridized carbons (Fsp3) is 1.00. The van der Waals surface area contributed by atoms with Crippen molar-refractivity contribution in [2.45, 2.75) is 45.6 Å². The van der Waals surface area contributed by atoms with Gasteiger partial charge >= 0.3 is 0 Å². The highest BCUT2D eigenvalue weighted by molar-refractivity contribution is 9.09. The normalized spacial score (nSPS) is 23.2. The highest BCUT2D eigenvalue weighted by atomic mass is 79.9. The molecule has 1 atom stereocenters. The average molecular weight is 327 g/mol. The van der Waals surface area contributed by atoms with Crippen molar-refractivity contribution in [3.8, 4) is 0 Å². The van der Waals surface area contributed by atoms with Crippen LogP contribution in [0, 0.1) is 0 Å². The molecular weight excluding hydrogens is 304 g/mol. The maximum atomic E-state index is 12.5. The summed E-state index contributed by atoms with van der Waals surface area (Å²) >= 11 is 3.42. The fourth-order valence-corrected chi connectivity index (χ4v) is 4.82. The van der Waals surface area contributed by atoms with Crippen molar-refractivity contribution in [2.75, 3.05) is 25.0 Å². The van der Waals surface area contributed by atoms with Crippen LogP contribution >= 0.6 is 15.9 Å². The zero-order valence-corrected chi connectivity index (χ0v) is 13.1. The Labute approximate surface area is 114 Å². The molecular formula is C11H23BrN2O2S. The second-order valence-electron chi connectivity index (χ2n) is 4.33. The van der Waals surface area contributed by atoms with Crippen LogP contribution in [0.25, 0.3) is 0 Å². The summed E-state index contributed by atoms with van der Waals surface area (Å²) in [5.41, 5.74) is 0. The summed E-state index contributed by atoms with van der Waals surface area (Å²) in [5, 5.41) is 0.863. The van der Waals surface area contributed by atoms with Crippen LogP contribution in [0.5, 0.6) is 0 Å². The number of piperidine rings is 1. The second kappa shape index (κ2) is 7.07. The largest absolute Gasteiger partial charge is 0.282 e. The topological polar surface area (TPSA) is 40.6 Å². The van der Waals surface area contributed by atoms with Gasteiger partial charge in [-0.05, 0) is 19.3 Å². The summed E-state index contributed by atoms with van der Waals surface area (Å²) in [4.78, 5) is 0. The van der Waals surface area contributed by atoms with Gasteiger partial charge < -0.3 is 0 Å². The van der Waals surface area contributed by atoms with Gasteiger partial charge in [0.1, 0.15) is 0 Å². The molecule has 0 spiro atoms. The van der Waals surface area contributed by atoms with Crippen molar-refractivity contribution in [3.05, 3.63) is 0 Å². The number of nitrogens with zero attached hydrogens (tertiary/aromatic N) is 2. The molecule has 4 nitrogen and oxygen atoms in total. The Morgan fingerprint density at radius 2 is 1.94 bits per heavy atom. The first kappa shape index (κ1) is 15.4. The van der Waals surface area contributed by atoms with Gasteiger partial charge in [0.2, 0.25) is 0 Å². The Bertz CT molecular complexity index is 315. The zero-order chi connectivity index (χ0) is 12.9. The highest BCUT2D eigenvalue weighted by Gasteiger charge is 2.34. The van der Waals surface area contributed by atoms with Crippen LogP contribution in [0.15, 0.2) is 0 Å². The van der Waals surface area contributed by atoms with Crippen molar-refractivity contribution in [2.24, 2.45) is 0 Å². The molecule has 0 amide bonds. The molecule has 0 aromatic rings. The molecule has 0 aromatic heterocycles. The molecule has 1 saturated heterocycles. The van der Waals surface area contributed by atoms with Crippen LogP contribution in [-0.2, 0) is 10.2 Å². The summed E-state index contributed by atoms with van der Waals surface area (Å²) in [6.07, 6.45) is 4.02. The number of hydrogen-bond acceptors (Lipinski definition) is 2. The lowest BCUT2D eigenvalue weighted by molar-refractivity contribution is 0.230. The first-order valence-electron chi connectivity index (χ1n) is 6.40. The molecule has 102 valence electrons. The van der Waals surface area contributed by atoms with Gasteiger partial charge in [-0.25, -0.2) is 0 Å². The van der Waals surface area contributed by atoms with Gasteiger partial charge in [-0.2, -0.15) is 17.0 Å². The average Bonchev–Trinajstić information content (AvgIpc) is 2.31. The van der Waals surface area contributed by atoms with Crippen molar-refractivity contribution in [3.63, 3.8) is 0 Å². The Hall–Kier alpha value is 0.350. The third-order valence-corrected chi connectivity index (χ3v) is 6.04. The summed E-state index contributed by atoms with van der Waals surface area (Å²) < 4.78 is 28.2. The van der Waals surface area contributed by atoms with Crippen LogP contribution in [-0.4, -0.2) is 48.0 Å². The standard InChI is InChI=1S/C11H23BrN2O2S/c1-3-13(4-2)17(15,16)14-10-6-5-7-11(14)8-9-12/h11H,3-10H2,1-2H3. The number of hydrogen-bond donors (Lipinski definition) is 0. The molecule has 1 aliphatic rings. The van der Waals surface area contributed by atoms with E-state index in [1.807, 2.05) is 13.8 Å². The van der Waals surface area contributed by atoms with E-state index >= 15 is 0 Å². The lowest BCUT2D eigenvalue weighted by Gasteiger charge is -2.37. The number of alkyl halides is 1. The van der Waals surface area contributed by atoms with Crippen LogP contribution in [0.2, 0.25) is 0 Å². The molecule has 1 aliphatic heterocycles. The van der Waals surface area contributed by atoms with E-state index in [1.165, 1.54) is 0 Å². The van der Waals surface area contributed by atoms with E-state index in [-0.39, 0.29) is 6.04 Å². The fourth-order valence-electron chi connectivity index (χ4n) is 2.39. The second-order valence-corrected chi connectivity index (χ2v) is 7.00. The first-order valence-corrected chi connectivity index (χ1v) is 8.92. The van der Waals surface area contributed by atoms with E-state index in [9.17, 15) is 8.42 Å². The highest BCUT2D eigenvalue weighted by Crippen LogP contribution is 2.25. The van der Waals surface area contributed by atoms with Gasteiger partial charge in [0, 0.05) is 31.0 Å². The minimum atomic E-state index is -3.25. The van der Waals surface area contributed by atoms with Crippen LogP contribution in [0.1, 0.15) is 39.5 Å². The summed E-state index contributed by atoms with van der Waals surface area (Å²) in [6, 6.07) is 0.175. The third-order valence-electron chi connectivity index (χ3n) is 3.34. The Kier molecular flexibility index (Phi) is 6.40. The number of halogens is 1. The van der Waals surface area contributed by atoms with Crippen molar-refractivity contribution in [1.29, 1.82) is 0 Å². The number of rotatable bonds is 6. The van der Waals surface area contributed by atoms with E-state index in [0.29, 0.717) is 19.6 Å². The summed E-state index contributed by atoms with van der Waals surface area (Å²) in [7, 11) is -3.25. The molecule has 0 radical (unpaired) electrons. The van der Waals surface area contributed by atoms with Crippen LogP contribution < -0.4 is 0 Å². The lowest BCUT2D eigenvalue weighted by atomic mass is 10.0. The van der Waals surface area contributed by atoms with Crippen LogP contribution in [0.4, 0.5) is 0 Å². The lowest BCUT2D eigenvalue weighted by Crippen LogP contribution is -2.50. The van der Waals surface area contributed by atoms with Gasteiger partial charge in [-0.3, -0.25) is 0 Å². The molecule has 0 aromatic carbocycles. The van der Waals surface area contributed by atoms with Crippen LogP contribution in [0.3, 0.4) is 0 Å². The van der Waals surface area contributed by atoms with E-state index in [4.69, 9.17) is 0 Å². The van der Waals surface area contributed by atoms with Gasteiger partial charge in [-0.15, -0.1) is 0 Å². The predicted molar refractivity (Wildman–Crippen MR) is 74.6 cm³/mol. The molecule has 0 bridgehead atoms.